The second-order valence-electron chi connectivity index (χ2n) is 4.22. The highest BCUT2D eigenvalue weighted by Gasteiger charge is 2.04. The van der Waals surface area contributed by atoms with Gasteiger partial charge >= 0.3 is 0 Å². The second kappa shape index (κ2) is 5.98. The highest BCUT2D eigenvalue weighted by Crippen LogP contribution is 2.21. The Kier molecular flexibility index (Phi) is 4.33. The van der Waals surface area contributed by atoms with Gasteiger partial charge in [-0.3, -0.25) is 0 Å². The average Bonchev–Trinajstić information content (AvgIpc) is 2.82. The van der Waals surface area contributed by atoms with Crippen LogP contribution in [0.15, 0.2) is 24.4 Å². The summed E-state index contributed by atoms with van der Waals surface area (Å²) in [7, 11) is 0. The zero-order chi connectivity index (χ0) is 13.0. The van der Waals surface area contributed by atoms with Crippen LogP contribution in [0.4, 0.5) is 0 Å². The summed E-state index contributed by atoms with van der Waals surface area (Å²) in [4.78, 5) is 5.44. The lowest BCUT2D eigenvalue weighted by molar-refractivity contribution is 0.319. The van der Waals surface area contributed by atoms with Crippen LogP contribution in [0.25, 0.3) is 0 Å². The van der Waals surface area contributed by atoms with E-state index in [-0.39, 0.29) is 0 Å². The average molecular weight is 262 g/mol. The number of benzene rings is 1. The largest absolute Gasteiger partial charge is 0.493 e. The van der Waals surface area contributed by atoms with Crippen molar-refractivity contribution in [2.75, 3.05) is 6.61 Å². The van der Waals surface area contributed by atoms with Crippen LogP contribution in [0.2, 0.25) is 0 Å². The molecule has 1 aromatic heterocycles. The van der Waals surface area contributed by atoms with E-state index in [4.69, 9.17) is 10.5 Å². The van der Waals surface area contributed by atoms with E-state index in [0.717, 1.165) is 22.1 Å². The summed E-state index contributed by atoms with van der Waals surface area (Å²) in [5.74, 6) is 0.964. The topological polar surface area (TPSA) is 48.1 Å². The van der Waals surface area contributed by atoms with Gasteiger partial charge in [-0.1, -0.05) is 12.1 Å². The minimum atomic E-state index is 0.565. The van der Waals surface area contributed by atoms with Gasteiger partial charge in [0.25, 0.3) is 0 Å². The van der Waals surface area contributed by atoms with E-state index in [1.54, 1.807) is 11.3 Å². The van der Waals surface area contributed by atoms with Crippen LogP contribution in [-0.2, 0) is 13.0 Å². The van der Waals surface area contributed by atoms with Crippen molar-refractivity contribution in [2.45, 2.75) is 26.8 Å². The smallest absolute Gasteiger partial charge is 0.122 e. The molecular formula is C14H18N2OS. The predicted molar refractivity (Wildman–Crippen MR) is 75.1 cm³/mol. The van der Waals surface area contributed by atoms with Crippen molar-refractivity contribution in [2.24, 2.45) is 5.73 Å². The molecule has 0 aliphatic rings. The van der Waals surface area contributed by atoms with Crippen LogP contribution in [0.5, 0.6) is 5.75 Å². The molecule has 18 heavy (non-hydrogen) atoms. The fourth-order valence-electron chi connectivity index (χ4n) is 1.69. The first-order valence-corrected chi connectivity index (χ1v) is 6.85. The van der Waals surface area contributed by atoms with E-state index < -0.39 is 0 Å². The first kappa shape index (κ1) is 13.1. The number of aromatic nitrogens is 1. The first-order valence-electron chi connectivity index (χ1n) is 6.03. The molecule has 0 amide bonds. The molecule has 0 fully saturated rings. The zero-order valence-corrected chi connectivity index (χ0v) is 11.6. The Balaban J connectivity index is 1.90. The lowest BCUT2D eigenvalue weighted by Gasteiger charge is -2.09. The lowest BCUT2D eigenvalue weighted by atomic mass is 10.1. The van der Waals surface area contributed by atoms with Crippen molar-refractivity contribution in [3.05, 3.63) is 45.4 Å². The molecule has 4 heteroatoms. The van der Waals surface area contributed by atoms with Crippen molar-refractivity contribution < 1.29 is 4.74 Å². The van der Waals surface area contributed by atoms with Gasteiger partial charge < -0.3 is 10.5 Å². The fourth-order valence-corrected chi connectivity index (χ4v) is 2.47. The minimum Gasteiger partial charge on any atom is -0.493 e. The molecule has 0 saturated heterocycles. The Labute approximate surface area is 112 Å². The highest BCUT2D eigenvalue weighted by atomic mass is 32.1. The predicted octanol–water partition coefficient (Wildman–Crippen LogP) is 2.84. The number of ether oxygens (including phenoxy) is 1. The normalized spacial score (nSPS) is 10.6. The monoisotopic (exact) mass is 262 g/mol. The molecular weight excluding hydrogens is 244 g/mol. The molecule has 0 unspecified atom stereocenters. The number of nitrogens with zero attached hydrogens (tertiary/aromatic N) is 1. The third kappa shape index (κ3) is 3.09. The van der Waals surface area contributed by atoms with Gasteiger partial charge in [-0.25, -0.2) is 4.98 Å². The molecule has 0 radical (unpaired) electrons. The summed E-state index contributed by atoms with van der Waals surface area (Å²) in [6.45, 7) is 5.40. The molecule has 3 nitrogen and oxygen atoms in total. The fraction of sp³-hybridized carbons (Fsp3) is 0.357. The van der Waals surface area contributed by atoms with Crippen LogP contribution in [0, 0.1) is 13.8 Å². The van der Waals surface area contributed by atoms with Crippen molar-refractivity contribution in [1.29, 1.82) is 0 Å². The molecule has 1 aromatic carbocycles. The van der Waals surface area contributed by atoms with Gasteiger partial charge in [0.05, 0.1) is 11.6 Å². The summed E-state index contributed by atoms with van der Waals surface area (Å²) in [6, 6.07) is 6.12. The Morgan fingerprint density at radius 3 is 2.89 bits per heavy atom. The number of rotatable bonds is 5. The number of aryl methyl sites for hydroxylation is 1. The quantitative estimate of drug-likeness (QED) is 0.901. The SMILES string of the molecule is Cc1cccc(OCCc2ncc(CN)s2)c1C. The Bertz CT molecular complexity index is 522. The number of hydrogen-bond donors (Lipinski definition) is 1. The minimum absolute atomic E-state index is 0.565. The van der Waals surface area contributed by atoms with Crippen molar-refractivity contribution >= 4 is 11.3 Å². The molecule has 2 rings (SSSR count). The van der Waals surface area contributed by atoms with E-state index in [0.29, 0.717) is 13.2 Å². The number of hydrogen-bond acceptors (Lipinski definition) is 4. The van der Waals surface area contributed by atoms with Crippen LogP contribution in [0.3, 0.4) is 0 Å². The van der Waals surface area contributed by atoms with Crippen molar-refractivity contribution in [1.82, 2.24) is 4.98 Å². The molecule has 96 valence electrons. The van der Waals surface area contributed by atoms with Crippen LogP contribution < -0.4 is 10.5 Å². The van der Waals surface area contributed by atoms with Crippen LogP contribution in [-0.4, -0.2) is 11.6 Å². The molecule has 0 saturated carbocycles. The lowest BCUT2D eigenvalue weighted by Crippen LogP contribution is -2.02. The summed E-state index contributed by atoms with van der Waals surface area (Å²) >= 11 is 1.66. The van der Waals surface area contributed by atoms with Gasteiger partial charge in [0.1, 0.15) is 5.75 Å². The summed E-state index contributed by atoms with van der Waals surface area (Å²) < 4.78 is 5.80. The van der Waals surface area contributed by atoms with Gasteiger partial charge in [0.15, 0.2) is 0 Å². The zero-order valence-electron chi connectivity index (χ0n) is 10.8. The highest BCUT2D eigenvalue weighted by molar-refractivity contribution is 7.11. The number of nitrogens with two attached hydrogens (primary N) is 1. The van der Waals surface area contributed by atoms with E-state index in [9.17, 15) is 0 Å². The summed E-state index contributed by atoms with van der Waals surface area (Å²) in [5.41, 5.74) is 8.02. The van der Waals surface area contributed by atoms with Crippen molar-refractivity contribution in [3.63, 3.8) is 0 Å². The Hall–Kier alpha value is -1.39. The molecule has 1 heterocycles. The van der Waals surface area contributed by atoms with Crippen LogP contribution in [0.1, 0.15) is 21.0 Å². The molecule has 0 bridgehead atoms. The summed E-state index contributed by atoms with van der Waals surface area (Å²) in [5, 5.41) is 1.08. The van der Waals surface area contributed by atoms with Crippen LogP contribution >= 0.6 is 11.3 Å². The molecule has 0 aliphatic heterocycles. The van der Waals surface area contributed by atoms with Gasteiger partial charge in [0, 0.05) is 24.0 Å². The molecule has 0 aliphatic carbocycles. The van der Waals surface area contributed by atoms with Gasteiger partial charge in [-0.05, 0) is 31.0 Å². The standard InChI is InChI=1S/C14H18N2OS/c1-10-4-3-5-13(11(10)2)17-7-6-14-16-9-12(8-15)18-14/h3-5,9H,6-8,15H2,1-2H3. The Morgan fingerprint density at radius 1 is 1.33 bits per heavy atom. The van der Waals surface area contributed by atoms with E-state index in [1.165, 1.54) is 11.1 Å². The number of thiazole rings is 1. The first-order chi connectivity index (χ1) is 8.70. The molecule has 2 N–H and O–H groups in total. The second-order valence-corrected chi connectivity index (χ2v) is 5.42. The van der Waals surface area contributed by atoms with E-state index in [1.807, 2.05) is 18.3 Å². The maximum absolute atomic E-state index is 5.80. The third-order valence-corrected chi connectivity index (χ3v) is 4.01. The molecule has 0 atom stereocenters. The molecule has 0 spiro atoms. The maximum Gasteiger partial charge on any atom is 0.122 e. The summed E-state index contributed by atoms with van der Waals surface area (Å²) in [6.07, 6.45) is 2.68. The third-order valence-electron chi connectivity index (χ3n) is 2.93. The maximum atomic E-state index is 5.80. The van der Waals surface area contributed by atoms with Gasteiger partial charge in [0.2, 0.25) is 0 Å². The van der Waals surface area contributed by atoms with Gasteiger partial charge in [-0.2, -0.15) is 0 Å². The van der Waals surface area contributed by atoms with E-state index >= 15 is 0 Å². The van der Waals surface area contributed by atoms with Gasteiger partial charge in [-0.15, -0.1) is 11.3 Å². The Morgan fingerprint density at radius 2 is 2.17 bits per heavy atom. The van der Waals surface area contributed by atoms with E-state index in [2.05, 4.69) is 24.9 Å². The molecule has 2 aromatic rings. The van der Waals surface area contributed by atoms with Crippen molar-refractivity contribution in [3.8, 4) is 5.75 Å².